The molecule has 0 aromatic carbocycles. The average molecular weight is 270 g/mol. The zero-order valence-electron chi connectivity index (χ0n) is 11.1. The largest absolute Gasteiger partial charge is 0.480 e. The molecule has 1 amide bonds. The van der Waals surface area contributed by atoms with Crippen LogP contribution in [0.3, 0.4) is 0 Å². The number of ether oxygens (including phenoxy) is 1. The molecule has 2 N–H and O–H groups in total. The van der Waals surface area contributed by atoms with E-state index in [2.05, 4.69) is 5.32 Å². The minimum atomic E-state index is -0.886. The van der Waals surface area contributed by atoms with Gasteiger partial charge in [-0.3, -0.25) is 4.79 Å². The predicted octanol–water partition coefficient (Wildman–Crippen LogP) is 0.221. The van der Waals surface area contributed by atoms with Gasteiger partial charge in [-0.05, 0) is 12.8 Å². The maximum atomic E-state index is 12.3. The van der Waals surface area contributed by atoms with E-state index in [0.29, 0.717) is 32.6 Å². The molecule has 0 spiro atoms. The van der Waals surface area contributed by atoms with Crippen LogP contribution >= 0.6 is 0 Å². The van der Waals surface area contributed by atoms with Crippen LogP contribution in [-0.2, 0) is 14.3 Å². The highest BCUT2D eigenvalue weighted by molar-refractivity contribution is 5.84. The molecule has 2 saturated heterocycles. The van der Waals surface area contributed by atoms with E-state index < -0.39 is 12.0 Å². The first kappa shape index (κ1) is 14.3. The number of nitrogens with one attached hydrogen (secondary N) is 1. The number of aliphatic carboxylic acids is 1. The molecule has 6 nitrogen and oxygen atoms in total. The fourth-order valence-corrected chi connectivity index (χ4v) is 2.74. The molecule has 2 aliphatic rings. The smallest absolute Gasteiger partial charge is 0.326 e. The van der Waals surface area contributed by atoms with Gasteiger partial charge < -0.3 is 20.1 Å². The molecule has 0 aliphatic carbocycles. The van der Waals surface area contributed by atoms with Crippen molar-refractivity contribution in [2.45, 2.75) is 44.2 Å². The summed E-state index contributed by atoms with van der Waals surface area (Å²) >= 11 is 0. The van der Waals surface area contributed by atoms with Gasteiger partial charge in [0.15, 0.2) is 0 Å². The SMILES string of the molecule is O=C(O)C1CCCCCN1C(=O)CC1COCCN1. The first-order valence-corrected chi connectivity index (χ1v) is 7.02. The van der Waals surface area contributed by atoms with Crippen molar-refractivity contribution in [1.29, 1.82) is 0 Å². The average Bonchev–Trinajstić information content (AvgIpc) is 2.65. The second-order valence-corrected chi connectivity index (χ2v) is 5.22. The summed E-state index contributed by atoms with van der Waals surface area (Å²) in [7, 11) is 0. The zero-order chi connectivity index (χ0) is 13.7. The van der Waals surface area contributed by atoms with Crippen molar-refractivity contribution < 1.29 is 19.4 Å². The first-order valence-electron chi connectivity index (χ1n) is 7.02. The fraction of sp³-hybridized carbons (Fsp3) is 0.846. The fourth-order valence-electron chi connectivity index (χ4n) is 2.74. The van der Waals surface area contributed by atoms with E-state index in [4.69, 9.17) is 4.74 Å². The minimum Gasteiger partial charge on any atom is -0.480 e. The summed E-state index contributed by atoms with van der Waals surface area (Å²) in [5.41, 5.74) is 0. The van der Waals surface area contributed by atoms with E-state index in [9.17, 15) is 14.7 Å². The molecule has 0 bridgehead atoms. The molecule has 2 atom stereocenters. The molecular formula is C13H22N2O4. The van der Waals surface area contributed by atoms with Gasteiger partial charge in [-0.2, -0.15) is 0 Å². The number of morpholine rings is 1. The molecule has 2 fully saturated rings. The van der Waals surface area contributed by atoms with Crippen LogP contribution < -0.4 is 5.32 Å². The summed E-state index contributed by atoms with van der Waals surface area (Å²) < 4.78 is 5.32. The van der Waals surface area contributed by atoms with Gasteiger partial charge in [0.1, 0.15) is 6.04 Å². The zero-order valence-corrected chi connectivity index (χ0v) is 11.1. The Morgan fingerprint density at radius 1 is 1.32 bits per heavy atom. The van der Waals surface area contributed by atoms with Crippen molar-refractivity contribution >= 4 is 11.9 Å². The van der Waals surface area contributed by atoms with E-state index in [1.165, 1.54) is 0 Å². The molecule has 0 saturated carbocycles. The maximum Gasteiger partial charge on any atom is 0.326 e. The number of carbonyl (C=O) groups is 2. The Morgan fingerprint density at radius 2 is 2.16 bits per heavy atom. The summed E-state index contributed by atoms with van der Waals surface area (Å²) in [5, 5.41) is 12.5. The topological polar surface area (TPSA) is 78.9 Å². The lowest BCUT2D eigenvalue weighted by Crippen LogP contribution is -2.49. The van der Waals surface area contributed by atoms with E-state index >= 15 is 0 Å². The summed E-state index contributed by atoms with van der Waals surface area (Å²) in [4.78, 5) is 25.1. The highest BCUT2D eigenvalue weighted by Gasteiger charge is 2.31. The molecule has 108 valence electrons. The molecular weight excluding hydrogens is 248 g/mol. The summed E-state index contributed by atoms with van der Waals surface area (Å²) in [6, 6.07) is -0.640. The lowest BCUT2D eigenvalue weighted by molar-refractivity contribution is -0.150. The number of hydrogen-bond acceptors (Lipinski definition) is 4. The molecule has 2 rings (SSSR count). The lowest BCUT2D eigenvalue weighted by Gasteiger charge is -2.30. The van der Waals surface area contributed by atoms with Crippen molar-refractivity contribution in [3.63, 3.8) is 0 Å². The number of amides is 1. The molecule has 0 radical (unpaired) electrons. The van der Waals surface area contributed by atoms with Crippen LogP contribution in [0.2, 0.25) is 0 Å². The van der Waals surface area contributed by atoms with Crippen molar-refractivity contribution in [2.24, 2.45) is 0 Å². The van der Waals surface area contributed by atoms with Gasteiger partial charge in [-0.1, -0.05) is 12.8 Å². The monoisotopic (exact) mass is 270 g/mol. The Balaban J connectivity index is 1.95. The Hall–Kier alpha value is -1.14. The number of rotatable bonds is 3. The van der Waals surface area contributed by atoms with Crippen molar-refractivity contribution in [1.82, 2.24) is 10.2 Å². The van der Waals surface area contributed by atoms with Crippen molar-refractivity contribution in [3.8, 4) is 0 Å². The van der Waals surface area contributed by atoms with Gasteiger partial charge >= 0.3 is 5.97 Å². The van der Waals surface area contributed by atoms with Crippen molar-refractivity contribution in [2.75, 3.05) is 26.3 Å². The van der Waals surface area contributed by atoms with Gasteiger partial charge in [-0.15, -0.1) is 0 Å². The van der Waals surface area contributed by atoms with E-state index in [1.807, 2.05) is 0 Å². The maximum absolute atomic E-state index is 12.3. The van der Waals surface area contributed by atoms with Crippen LogP contribution in [0.4, 0.5) is 0 Å². The Morgan fingerprint density at radius 3 is 2.84 bits per heavy atom. The molecule has 2 heterocycles. The Kier molecular flexibility index (Phi) is 5.15. The van der Waals surface area contributed by atoms with E-state index in [1.54, 1.807) is 4.90 Å². The first-order chi connectivity index (χ1) is 9.18. The van der Waals surface area contributed by atoms with E-state index in [-0.39, 0.29) is 11.9 Å². The second-order valence-electron chi connectivity index (χ2n) is 5.22. The summed E-state index contributed by atoms with van der Waals surface area (Å²) in [6.45, 7) is 2.51. The van der Waals surface area contributed by atoms with Crippen LogP contribution in [0.15, 0.2) is 0 Å². The normalized spacial score (nSPS) is 28.7. The minimum absolute atomic E-state index is 0.0129. The molecule has 19 heavy (non-hydrogen) atoms. The lowest BCUT2D eigenvalue weighted by atomic mass is 10.1. The standard InChI is InChI=1S/C13H22N2O4/c16-12(8-10-9-19-7-5-14-10)15-6-3-1-2-4-11(15)13(17)18/h10-11,14H,1-9H2,(H,17,18). The Labute approximate surface area is 113 Å². The molecule has 0 aromatic rings. The van der Waals surface area contributed by atoms with Gasteiger partial charge in [-0.25, -0.2) is 4.79 Å². The van der Waals surface area contributed by atoms with Crippen LogP contribution in [0.5, 0.6) is 0 Å². The summed E-state index contributed by atoms with van der Waals surface area (Å²) in [6.07, 6.45) is 3.66. The van der Waals surface area contributed by atoms with Gasteiger partial charge in [0.2, 0.25) is 5.91 Å². The molecule has 2 aliphatic heterocycles. The number of carboxylic acids is 1. The third-order valence-corrected chi connectivity index (χ3v) is 3.78. The van der Waals surface area contributed by atoms with E-state index in [0.717, 1.165) is 25.8 Å². The second kappa shape index (κ2) is 6.86. The van der Waals surface area contributed by atoms with Crippen LogP contribution in [0, 0.1) is 0 Å². The summed E-state index contributed by atoms with van der Waals surface area (Å²) in [5.74, 6) is -0.958. The highest BCUT2D eigenvalue weighted by Crippen LogP contribution is 2.18. The third-order valence-electron chi connectivity index (χ3n) is 3.78. The molecule has 2 unspecified atom stereocenters. The van der Waals surface area contributed by atoms with Crippen LogP contribution in [0.25, 0.3) is 0 Å². The predicted molar refractivity (Wildman–Crippen MR) is 68.8 cm³/mol. The van der Waals surface area contributed by atoms with Gasteiger partial charge in [0, 0.05) is 25.6 Å². The van der Waals surface area contributed by atoms with Gasteiger partial charge in [0.25, 0.3) is 0 Å². The van der Waals surface area contributed by atoms with Crippen LogP contribution in [-0.4, -0.2) is 60.3 Å². The molecule has 0 aromatic heterocycles. The Bertz CT molecular complexity index is 329. The molecule has 6 heteroatoms. The number of hydrogen-bond donors (Lipinski definition) is 2. The highest BCUT2D eigenvalue weighted by atomic mass is 16.5. The van der Waals surface area contributed by atoms with Gasteiger partial charge in [0.05, 0.1) is 13.2 Å². The number of carbonyl (C=O) groups excluding carboxylic acids is 1. The number of likely N-dealkylation sites (tertiary alicyclic amines) is 1. The quantitative estimate of drug-likeness (QED) is 0.767. The van der Waals surface area contributed by atoms with Crippen molar-refractivity contribution in [3.05, 3.63) is 0 Å². The number of nitrogens with zero attached hydrogens (tertiary/aromatic N) is 1. The third kappa shape index (κ3) is 3.91. The van der Waals surface area contributed by atoms with Crippen LogP contribution in [0.1, 0.15) is 32.1 Å². The number of carboxylic acid groups (broad SMARTS) is 1.